The minimum absolute atomic E-state index is 0.128. The Kier molecular flexibility index (Phi) is 5.52. The lowest BCUT2D eigenvalue weighted by atomic mass is 10.0. The first kappa shape index (κ1) is 19.7. The molecule has 30 heavy (non-hydrogen) atoms. The number of amides is 1. The van der Waals surface area contributed by atoms with E-state index >= 15 is 0 Å². The molecule has 4 rings (SSSR count). The van der Waals surface area contributed by atoms with Crippen molar-refractivity contribution in [2.45, 2.75) is 13.0 Å². The first-order chi connectivity index (χ1) is 14.6. The summed E-state index contributed by atoms with van der Waals surface area (Å²) in [5.74, 6) is 1.54. The number of carbonyl (C=O) groups excluding carboxylic acids is 1. The molecule has 1 aliphatic rings. The number of methoxy groups -OCH3 is 2. The molecule has 0 aliphatic carbocycles. The summed E-state index contributed by atoms with van der Waals surface area (Å²) in [6, 6.07) is 11.5. The molecule has 0 saturated heterocycles. The maximum Gasteiger partial charge on any atom is 0.246 e. The fourth-order valence-electron chi connectivity index (χ4n) is 3.48. The zero-order valence-electron chi connectivity index (χ0n) is 16.7. The molecule has 1 aliphatic heterocycles. The van der Waals surface area contributed by atoms with Crippen molar-refractivity contribution < 1.29 is 23.2 Å². The Balaban J connectivity index is 1.49. The zero-order valence-corrected chi connectivity index (χ0v) is 16.7. The molecule has 7 heteroatoms. The SMILES string of the molecule is COc1ccc(OC)c(/C=C/C(=O)N2CCc3c(noc3-c3ccc(F)cc3)C2)c1. The number of carbonyl (C=O) groups is 1. The van der Waals surface area contributed by atoms with Crippen LogP contribution in [-0.4, -0.2) is 36.7 Å². The van der Waals surface area contributed by atoms with Crippen LogP contribution in [0.1, 0.15) is 16.8 Å². The molecule has 0 radical (unpaired) electrons. The average molecular weight is 408 g/mol. The van der Waals surface area contributed by atoms with Crippen molar-refractivity contribution in [2.75, 3.05) is 20.8 Å². The van der Waals surface area contributed by atoms with E-state index in [1.54, 1.807) is 49.5 Å². The van der Waals surface area contributed by atoms with Crippen molar-refractivity contribution in [1.29, 1.82) is 0 Å². The summed E-state index contributed by atoms with van der Waals surface area (Å²) in [6.45, 7) is 0.902. The Labute approximate surface area is 173 Å². The number of aromatic nitrogens is 1. The summed E-state index contributed by atoms with van der Waals surface area (Å²) in [7, 11) is 3.17. The van der Waals surface area contributed by atoms with E-state index in [1.807, 2.05) is 6.07 Å². The predicted molar refractivity (Wildman–Crippen MR) is 110 cm³/mol. The maximum atomic E-state index is 13.2. The third-order valence-electron chi connectivity index (χ3n) is 5.10. The number of rotatable bonds is 5. The molecule has 2 aromatic carbocycles. The molecule has 6 nitrogen and oxygen atoms in total. The van der Waals surface area contributed by atoms with Crippen LogP contribution in [0.25, 0.3) is 17.4 Å². The molecule has 0 N–H and O–H groups in total. The van der Waals surface area contributed by atoms with Gasteiger partial charge in [0.15, 0.2) is 5.76 Å². The highest BCUT2D eigenvalue weighted by atomic mass is 19.1. The molecule has 3 aromatic rings. The fraction of sp³-hybridized carbons (Fsp3) is 0.217. The van der Waals surface area contributed by atoms with Crippen LogP contribution < -0.4 is 9.47 Å². The Bertz CT molecular complexity index is 1090. The number of halogens is 1. The number of nitrogens with zero attached hydrogens (tertiary/aromatic N) is 2. The van der Waals surface area contributed by atoms with Gasteiger partial charge in [0, 0.05) is 29.3 Å². The molecular weight excluding hydrogens is 387 g/mol. The van der Waals surface area contributed by atoms with Gasteiger partial charge in [0.2, 0.25) is 5.91 Å². The average Bonchev–Trinajstić information content (AvgIpc) is 3.21. The lowest BCUT2D eigenvalue weighted by molar-refractivity contribution is -0.126. The molecule has 0 bridgehead atoms. The molecular formula is C23H21FN2O4. The molecule has 0 atom stereocenters. The van der Waals surface area contributed by atoms with Gasteiger partial charge in [0.25, 0.3) is 0 Å². The van der Waals surface area contributed by atoms with Gasteiger partial charge in [0.1, 0.15) is 23.0 Å². The second-order valence-corrected chi connectivity index (χ2v) is 6.89. The van der Waals surface area contributed by atoms with Crippen LogP contribution in [-0.2, 0) is 17.8 Å². The standard InChI is InChI=1S/C23H21FN2O4/c1-28-18-8-9-21(29-2)16(13-18)5-10-22(27)26-12-11-19-20(14-26)25-30-23(19)15-3-6-17(24)7-4-15/h3-10,13H,11-12,14H2,1-2H3/b10-5+. The van der Waals surface area contributed by atoms with Crippen molar-refractivity contribution in [3.63, 3.8) is 0 Å². The minimum atomic E-state index is -0.302. The molecule has 154 valence electrons. The van der Waals surface area contributed by atoms with E-state index in [4.69, 9.17) is 14.0 Å². The van der Waals surface area contributed by atoms with E-state index in [0.29, 0.717) is 36.8 Å². The van der Waals surface area contributed by atoms with Gasteiger partial charge < -0.3 is 18.9 Å². The lowest BCUT2D eigenvalue weighted by Gasteiger charge is -2.24. The van der Waals surface area contributed by atoms with Gasteiger partial charge >= 0.3 is 0 Å². The number of ether oxygens (including phenoxy) is 2. The van der Waals surface area contributed by atoms with E-state index in [9.17, 15) is 9.18 Å². The van der Waals surface area contributed by atoms with Gasteiger partial charge in [-0.2, -0.15) is 0 Å². The quantitative estimate of drug-likeness (QED) is 0.595. The second kappa shape index (κ2) is 8.41. The molecule has 0 spiro atoms. The number of benzene rings is 2. The van der Waals surface area contributed by atoms with Crippen LogP contribution >= 0.6 is 0 Å². The Morgan fingerprint density at radius 1 is 1.17 bits per heavy atom. The fourth-order valence-corrected chi connectivity index (χ4v) is 3.48. The summed E-state index contributed by atoms with van der Waals surface area (Å²) in [4.78, 5) is 14.4. The van der Waals surface area contributed by atoms with Gasteiger partial charge in [0.05, 0.1) is 20.8 Å². The Morgan fingerprint density at radius 2 is 1.97 bits per heavy atom. The first-order valence-electron chi connectivity index (χ1n) is 9.51. The summed E-state index contributed by atoms with van der Waals surface area (Å²) >= 11 is 0. The molecule has 2 heterocycles. The third-order valence-corrected chi connectivity index (χ3v) is 5.10. The Hall–Kier alpha value is -3.61. The highest BCUT2D eigenvalue weighted by Crippen LogP contribution is 2.31. The predicted octanol–water partition coefficient (Wildman–Crippen LogP) is 4.10. The van der Waals surface area contributed by atoms with Crippen LogP contribution in [0.15, 0.2) is 53.1 Å². The summed E-state index contributed by atoms with van der Waals surface area (Å²) in [6.07, 6.45) is 3.85. The van der Waals surface area contributed by atoms with E-state index in [1.165, 1.54) is 18.2 Å². The van der Waals surface area contributed by atoms with Crippen molar-refractivity contribution in [3.8, 4) is 22.8 Å². The first-order valence-corrected chi connectivity index (χ1v) is 9.51. The summed E-state index contributed by atoms with van der Waals surface area (Å²) in [5.41, 5.74) is 3.21. The second-order valence-electron chi connectivity index (χ2n) is 6.89. The smallest absolute Gasteiger partial charge is 0.246 e. The third kappa shape index (κ3) is 3.91. The Morgan fingerprint density at radius 3 is 2.70 bits per heavy atom. The molecule has 0 unspecified atom stereocenters. The zero-order chi connectivity index (χ0) is 21.1. The van der Waals surface area contributed by atoms with Crippen LogP contribution in [0, 0.1) is 5.82 Å². The maximum absolute atomic E-state index is 13.2. The molecule has 1 aromatic heterocycles. The number of hydrogen-bond donors (Lipinski definition) is 0. The van der Waals surface area contributed by atoms with E-state index in [0.717, 1.165) is 22.4 Å². The van der Waals surface area contributed by atoms with Crippen molar-refractivity contribution >= 4 is 12.0 Å². The van der Waals surface area contributed by atoms with E-state index < -0.39 is 0 Å². The largest absolute Gasteiger partial charge is 0.497 e. The lowest BCUT2D eigenvalue weighted by Crippen LogP contribution is -2.34. The highest BCUT2D eigenvalue weighted by Gasteiger charge is 2.26. The number of fused-ring (bicyclic) bond motifs is 1. The van der Waals surface area contributed by atoms with E-state index in [2.05, 4.69) is 5.16 Å². The number of hydrogen-bond acceptors (Lipinski definition) is 5. The van der Waals surface area contributed by atoms with Gasteiger partial charge in [-0.05, 0) is 55.0 Å². The van der Waals surface area contributed by atoms with E-state index in [-0.39, 0.29) is 11.7 Å². The van der Waals surface area contributed by atoms with Crippen LogP contribution in [0.2, 0.25) is 0 Å². The minimum Gasteiger partial charge on any atom is -0.497 e. The summed E-state index contributed by atoms with van der Waals surface area (Å²) in [5, 5.41) is 4.13. The van der Waals surface area contributed by atoms with Crippen LogP contribution in [0.3, 0.4) is 0 Å². The summed E-state index contributed by atoms with van der Waals surface area (Å²) < 4.78 is 29.3. The van der Waals surface area contributed by atoms with Gasteiger partial charge in [-0.1, -0.05) is 5.16 Å². The topological polar surface area (TPSA) is 64.8 Å². The monoisotopic (exact) mass is 408 g/mol. The molecule has 1 amide bonds. The normalized spacial score (nSPS) is 13.4. The molecule has 0 saturated carbocycles. The van der Waals surface area contributed by atoms with Crippen LogP contribution in [0.5, 0.6) is 11.5 Å². The van der Waals surface area contributed by atoms with Crippen LogP contribution in [0.4, 0.5) is 4.39 Å². The van der Waals surface area contributed by atoms with Gasteiger partial charge in [-0.25, -0.2) is 4.39 Å². The van der Waals surface area contributed by atoms with Crippen molar-refractivity contribution in [1.82, 2.24) is 10.1 Å². The highest BCUT2D eigenvalue weighted by molar-refractivity contribution is 5.92. The van der Waals surface area contributed by atoms with Gasteiger partial charge in [-0.15, -0.1) is 0 Å². The van der Waals surface area contributed by atoms with Gasteiger partial charge in [-0.3, -0.25) is 4.79 Å². The molecule has 0 fully saturated rings. The van der Waals surface area contributed by atoms with Crippen molar-refractivity contribution in [3.05, 3.63) is 71.2 Å². The van der Waals surface area contributed by atoms with Crippen molar-refractivity contribution in [2.24, 2.45) is 0 Å².